The Bertz CT molecular complexity index is 2480. The maximum atomic E-state index is 4.74. The van der Waals surface area contributed by atoms with E-state index in [0.29, 0.717) is 0 Å². The van der Waals surface area contributed by atoms with Crippen LogP contribution in [0.1, 0.15) is 37.5 Å². The number of aromatic nitrogens is 2. The molecule has 1 aliphatic heterocycles. The van der Waals surface area contributed by atoms with Crippen molar-refractivity contribution in [1.82, 2.24) is 9.97 Å². The van der Waals surface area contributed by atoms with Crippen molar-refractivity contribution in [3.63, 3.8) is 0 Å². The molecule has 4 heterocycles. The normalized spacial score (nSPS) is 11.6. The number of hydrogen-bond donors (Lipinski definition) is 1. The Morgan fingerprint density at radius 1 is 0.647 bits per heavy atom. The van der Waals surface area contributed by atoms with Crippen LogP contribution in [-0.2, 0) is 25.5 Å². The van der Waals surface area contributed by atoms with Gasteiger partial charge in [0.2, 0.25) is 0 Å². The van der Waals surface area contributed by atoms with Crippen molar-refractivity contribution in [3.05, 3.63) is 156 Å². The van der Waals surface area contributed by atoms with Crippen molar-refractivity contribution in [1.29, 1.82) is 0 Å². The topological polar surface area (TPSA) is 37.8 Å². The zero-order valence-corrected chi connectivity index (χ0v) is 32.5. The third-order valence-corrected chi connectivity index (χ3v) is 10.6. The van der Waals surface area contributed by atoms with E-state index in [1.54, 1.807) is 6.20 Å². The van der Waals surface area contributed by atoms with Crippen LogP contribution in [0.3, 0.4) is 0 Å². The number of hydrogen-bond acceptors (Lipinski definition) is 4. The van der Waals surface area contributed by atoms with Crippen LogP contribution in [0.2, 0.25) is 0 Å². The molecule has 253 valence electrons. The van der Waals surface area contributed by atoms with Gasteiger partial charge in [0, 0.05) is 63.9 Å². The Labute approximate surface area is 317 Å². The second kappa shape index (κ2) is 14.0. The average Bonchev–Trinajstić information content (AvgIpc) is 3.51. The first-order valence-electron chi connectivity index (χ1n) is 17.0. The minimum absolute atomic E-state index is 0. The SMILES string of the molecule is Cc1ccc2c(c1)-c1c(C)c(cc3sc4ccccc4c13)-c1cc(-c3cc(C(C)(C)C)ccn3)[c-]cc1N2.[Ir].[c-]1ccccc1-c1ccccn1. The molecule has 9 rings (SSSR count). The number of anilines is 2. The molecule has 0 spiro atoms. The van der Waals surface area contributed by atoms with Crippen molar-refractivity contribution in [3.8, 4) is 44.8 Å². The van der Waals surface area contributed by atoms with E-state index in [9.17, 15) is 0 Å². The molecule has 5 heteroatoms. The number of pyridine rings is 2. The number of nitrogens with zero attached hydrogens (tertiary/aromatic N) is 2. The maximum Gasteiger partial charge on any atom is 0.0381 e. The number of fused-ring (bicyclic) bond motifs is 10. The molecule has 51 heavy (non-hydrogen) atoms. The molecule has 0 aliphatic carbocycles. The molecule has 0 amide bonds. The molecule has 0 atom stereocenters. The fourth-order valence-corrected chi connectivity index (χ4v) is 7.96. The summed E-state index contributed by atoms with van der Waals surface area (Å²) in [7, 11) is 0. The Morgan fingerprint density at radius 3 is 2.24 bits per heavy atom. The van der Waals surface area contributed by atoms with Gasteiger partial charge < -0.3 is 15.3 Å². The van der Waals surface area contributed by atoms with Gasteiger partial charge in [-0.05, 0) is 95.0 Å². The average molecular weight is 856 g/mol. The van der Waals surface area contributed by atoms with Gasteiger partial charge in [0.15, 0.2) is 0 Å². The number of nitrogens with one attached hydrogen (secondary N) is 1. The van der Waals surface area contributed by atoms with Gasteiger partial charge in [-0.25, -0.2) is 0 Å². The molecule has 5 aromatic carbocycles. The second-order valence-electron chi connectivity index (χ2n) is 13.9. The van der Waals surface area contributed by atoms with Gasteiger partial charge in [0.05, 0.1) is 0 Å². The summed E-state index contributed by atoms with van der Waals surface area (Å²) in [5.41, 5.74) is 15.1. The molecule has 3 nitrogen and oxygen atoms in total. The molecule has 0 unspecified atom stereocenters. The smallest absolute Gasteiger partial charge is 0.0381 e. The van der Waals surface area contributed by atoms with Crippen molar-refractivity contribution in [2.75, 3.05) is 5.32 Å². The Balaban J connectivity index is 0.000000265. The Kier molecular flexibility index (Phi) is 9.47. The largest absolute Gasteiger partial charge is 0.394 e. The van der Waals surface area contributed by atoms with E-state index in [1.807, 2.05) is 60.0 Å². The number of aryl methyl sites for hydroxylation is 1. The minimum Gasteiger partial charge on any atom is -0.394 e. The van der Waals surface area contributed by atoms with Crippen molar-refractivity contribution in [2.24, 2.45) is 0 Å². The predicted octanol–water partition coefficient (Wildman–Crippen LogP) is 12.8. The van der Waals surface area contributed by atoms with E-state index < -0.39 is 0 Å². The van der Waals surface area contributed by atoms with Crippen LogP contribution in [0.15, 0.2) is 128 Å². The van der Waals surface area contributed by atoms with E-state index in [2.05, 4.69) is 130 Å². The first-order valence-corrected chi connectivity index (χ1v) is 17.8. The summed E-state index contributed by atoms with van der Waals surface area (Å²) in [6, 6.07) is 47.0. The molecule has 0 fully saturated rings. The van der Waals surface area contributed by atoms with E-state index in [4.69, 9.17) is 4.98 Å². The number of thiophene rings is 1. The second-order valence-corrected chi connectivity index (χ2v) is 15.0. The summed E-state index contributed by atoms with van der Waals surface area (Å²) >= 11 is 1.88. The first kappa shape index (κ1) is 34.5. The van der Waals surface area contributed by atoms with Crippen LogP contribution in [0, 0.1) is 26.0 Å². The molecule has 0 saturated carbocycles. The van der Waals surface area contributed by atoms with Crippen LogP contribution in [0.5, 0.6) is 0 Å². The van der Waals surface area contributed by atoms with Gasteiger partial charge in [-0.3, -0.25) is 0 Å². The summed E-state index contributed by atoms with van der Waals surface area (Å²) in [5, 5.41) is 6.46. The fraction of sp³-hybridized carbons (Fsp3) is 0.130. The summed E-state index contributed by atoms with van der Waals surface area (Å²) in [4.78, 5) is 8.96. The molecule has 1 radical (unpaired) electrons. The molecule has 1 aliphatic rings. The van der Waals surface area contributed by atoms with Crippen LogP contribution in [0.4, 0.5) is 11.4 Å². The minimum atomic E-state index is 0. The summed E-state index contributed by atoms with van der Waals surface area (Å²) in [6.45, 7) is 11.2. The van der Waals surface area contributed by atoms with Gasteiger partial charge in [0.1, 0.15) is 0 Å². The van der Waals surface area contributed by atoms with Crippen LogP contribution in [-0.4, -0.2) is 9.97 Å². The van der Waals surface area contributed by atoms with Gasteiger partial charge >= 0.3 is 0 Å². The molecular weight excluding hydrogens is 819 g/mol. The summed E-state index contributed by atoms with van der Waals surface area (Å²) in [6.07, 6.45) is 3.71. The van der Waals surface area contributed by atoms with E-state index >= 15 is 0 Å². The molecule has 2 bridgehead atoms. The van der Waals surface area contributed by atoms with Gasteiger partial charge in [-0.2, -0.15) is 0 Å². The van der Waals surface area contributed by atoms with Crippen LogP contribution in [0.25, 0.3) is 64.9 Å². The number of benzene rings is 5. The fourth-order valence-electron chi connectivity index (χ4n) is 6.81. The Morgan fingerprint density at radius 2 is 1.45 bits per heavy atom. The molecule has 0 saturated heterocycles. The molecule has 1 N–H and O–H groups in total. The summed E-state index contributed by atoms with van der Waals surface area (Å²) < 4.78 is 2.65. The zero-order valence-electron chi connectivity index (χ0n) is 29.3. The van der Waals surface area contributed by atoms with E-state index in [0.717, 1.165) is 33.9 Å². The standard InChI is InChI=1S/C35H29N2S.C11H8N.Ir/c1-20-10-12-29-27(16-20)33-21(2)25(19-32-34(33)24-8-6-7-9-31(24)38-32)26-17-22(11-13-28(26)37-29)30-18-23(14-15-36-30)35(3,4)5;1-2-6-10(7-3-1)11-8-4-5-9-12-11;/h6-10,12-19,37H,1-5H3;1-6,8-9H;/q2*-1;. The van der Waals surface area contributed by atoms with Crippen LogP contribution < -0.4 is 5.32 Å². The maximum absolute atomic E-state index is 4.74. The Hall–Kier alpha value is -4.93. The van der Waals surface area contributed by atoms with E-state index in [1.165, 1.54) is 59.1 Å². The molecule has 3 aromatic heterocycles. The third kappa shape index (κ3) is 6.66. The van der Waals surface area contributed by atoms with Gasteiger partial charge in [-0.15, -0.1) is 71.0 Å². The van der Waals surface area contributed by atoms with Crippen LogP contribution >= 0.6 is 11.3 Å². The number of rotatable bonds is 2. The third-order valence-electron chi connectivity index (χ3n) is 9.43. The van der Waals surface area contributed by atoms with Gasteiger partial charge in [-0.1, -0.05) is 74.4 Å². The molecule has 8 aromatic rings. The quantitative estimate of drug-likeness (QED) is 0.176. The summed E-state index contributed by atoms with van der Waals surface area (Å²) in [5.74, 6) is 0. The van der Waals surface area contributed by atoms with E-state index in [-0.39, 0.29) is 25.5 Å². The zero-order chi connectivity index (χ0) is 34.4. The van der Waals surface area contributed by atoms with Gasteiger partial charge in [0.25, 0.3) is 0 Å². The van der Waals surface area contributed by atoms with Crippen molar-refractivity contribution >= 4 is 42.9 Å². The molecular formula is C46H37IrN3S-2. The monoisotopic (exact) mass is 856 g/mol. The first-order chi connectivity index (χ1) is 24.2. The predicted molar refractivity (Wildman–Crippen MR) is 212 cm³/mol. The van der Waals surface area contributed by atoms with Crippen molar-refractivity contribution < 1.29 is 20.1 Å². The van der Waals surface area contributed by atoms with Crippen molar-refractivity contribution in [2.45, 2.75) is 40.0 Å².